The summed E-state index contributed by atoms with van der Waals surface area (Å²) >= 11 is 5.86. The molecule has 0 fully saturated rings. The van der Waals surface area contributed by atoms with Gasteiger partial charge in [-0.1, -0.05) is 41.9 Å². The second-order valence-electron chi connectivity index (χ2n) is 6.54. The third kappa shape index (κ3) is 6.36. The van der Waals surface area contributed by atoms with Gasteiger partial charge in [0, 0.05) is 23.0 Å². The van der Waals surface area contributed by atoms with Crippen LogP contribution in [0.3, 0.4) is 0 Å². The van der Waals surface area contributed by atoms with E-state index in [1.807, 2.05) is 30.3 Å². The Hall–Kier alpha value is -3.31. The second kappa shape index (κ2) is 9.75. The Balaban J connectivity index is 1.60. The molecule has 0 aliphatic heterocycles. The zero-order valence-electron chi connectivity index (χ0n) is 15.5. The zero-order chi connectivity index (χ0) is 20.6. The quantitative estimate of drug-likeness (QED) is 0.499. The van der Waals surface area contributed by atoms with E-state index in [-0.39, 0.29) is 24.7 Å². The van der Waals surface area contributed by atoms with Crippen LogP contribution >= 0.6 is 11.6 Å². The van der Waals surface area contributed by atoms with Crippen molar-refractivity contribution in [3.63, 3.8) is 0 Å². The van der Waals surface area contributed by atoms with E-state index in [0.29, 0.717) is 22.2 Å². The van der Waals surface area contributed by atoms with E-state index in [1.165, 1.54) is 0 Å². The molecule has 29 heavy (non-hydrogen) atoms. The molecular weight excluding hydrogens is 390 g/mol. The number of rotatable bonds is 8. The van der Waals surface area contributed by atoms with E-state index >= 15 is 0 Å². The number of aliphatic carboxylic acids is 1. The first-order valence-electron chi connectivity index (χ1n) is 9.09. The van der Waals surface area contributed by atoms with Crippen LogP contribution in [0.5, 0.6) is 11.5 Å². The molecule has 148 valence electrons. The van der Waals surface area contributed by atoms with Crippen molar-refractivity contribution in [2.45, 2.75) is 18.8 Å². The van der Waals surface area contributed by atoms with Crippen LogP contribution in [0.15, 0.2) is 78.9 Å². The van der Waals surface area contributed by atoms with E-state index in [9.17, 15) is 9.59 Å². The number of nitrogens with one attached hydrogen (secondary N) is 1. The Morgan fingerprint density at radius 3 is 2.03 bits per heavy atom. The molecule has 0 aromatic heterocycles. The molecule has 3 aromatic rings. The molecular formula is C23H20ClNO4. The molecule has 3 aromatic carbocycles. The van der Waals surface area contributed by atoms with Gasteiger partial charge in [-0.05, 0) is 54.1 Å². The Morgan fingerprint density at radius 1 is 0.862 bits per heavy atom. The molecule has 0 bridgehead atoms. The fourth-order valence-electron chi connectivity index (χ4n) is 2.92. The zero-order valence-corrected chi connectivity index (χ0v) is 16.3. The minimum absolute atomic E-state index is 0.0827. The largest absolute Gasteiger partial charge is 0.481 e. The lowest BCUT2D eigenvalue weighted by atomic mass is 9.92. The number of carbonyl (C=O) groups excluding carboxylic acids is 1. The maximum atomic E-state index is 12.4. The van der Waals surface area contributed by atoms with E-state index < -0.39 is 5.97 Å². The lowest BCUT2D eigenvalue weighted by Crippen LogP contribution is -2.17. The van der Waals surface area contributed by atoms with Crippen LogP contribution < -0.4 is 10.1 Å². The number of anilines is 1. The fourth-order valence-corrected chi connectivity index (χ4v) is 3.05. The topological polar surface area (TPSA) is 75.6 Å². The molecule has 1 amide bonds. The maximum absolute atomic E-state index is 12.4. The highest BCUT2D eigenvalue weighted by atomic mass is 35.5. The molecule has 0 heterocycles. The third-order valence-corrected chi connectivity index (χ3v) is 4.56. The summed E-state index contributed by atoms with van der Waals surface area (Å²) in [6.45, 7) is 0. The van der Waals surface area contributed by atoms with Gasteiger partial charge in [-0.25, -0.2) is 0 Å². The van der Waals surface area contributed by atoms with Crippen LogP contribution in [-0.4, -0.2) is 17.0 Å². The van der Waals surface area contributed by atoms with Crippen LogP contribution in [0.2, 0.25) is 5.02 Å². The van der Waals surface area contributed by atoms with Gasteiger partial charge in [-0.3, -0.25) is 9.59 Å². The maximum Gasteiger partial charge on any atom is 0.303 e. The molecule has 0 aliphatic carbocycles. The fraction of sp³-hybridized carbons (Fsp3) is 0.130. The van der Waals surface area contributed by atoms with Crippen LogP contribution in [-0.2, 0) is 9.59 Å². The Kier molecular flexibility index (Phi) is 6.87. The summed E-state index contributed by atoms with van der Waals surface area (Å²) in [4.78, 5) is 23.6. The number of hydrogen-bond donors (Lipinski definition) is 2. The number of halogens is 1. The summed E-state index contributed by atoms with van der Waals surface area (Å²) in [7, 11) is 0. The first-order chi connectivity index (χ1) is 14.0. The van der Waals surface area contributed by atoms with Gasteiger partial charge >= 0.3 is 5.97 Å². The van der Waals surface area contributed by atoms with Crippen molar-refractivity contribution < 1.29 is 19.4 Å². The minimum atomic E-state index is -0.935. The summed E-state index contributed by atoms with van der Waals surface area (Å²) in [6.07, 6.45) is -0.0232. The number of hydrogen-bond acceptors (Lipinski definition) is 3. The Bertz CT molecular complexity index is 956. The summed E-state index contributed by atoms with van der Waals surface area (Å²) < 4.78 is 5.72. The molecule has 0 saturated carbocycles. The van der Waals surface area contributed by atoms with Gasteiger partial charge in [0.15, 0.2) is 0 Å². The van der Waals surface area contributed by atoms with Gasteiger partial charge in [0.1, 0.15) is 11.5 Å². The van der Waals surface area contributed by atoms with E-state index in [0.717, 1.165) is 5.56 Å². The molecule has 0 unspecified atom stereocenters. The average Bonchev–Trinajstić information content (AvgIpc) is 2.71. The van der Waals surface area contributed by atoms with Gasteiger partial charge in [0.25, 0.3) is 0 Å². The van der Waals surface area contributed by atoms with Gasteiger partial charge < -0.3 is 15.2 Å². The second-order valence-corrected chi connectivity index (χ2v) is 6.97. The molecule has 0 spiro atoms. The summed E-state index contributed by atoms with van der Waals surface area (Å²) in [5, 5.41) is 12.6. The highest BCUT2D eigenvalue weighted by Gasteiger charge is 2.19. The van der Waals surface area contributed by atoms with Gasteiger partial charge in [0.2, 0.25) is 5.91 Å². The summed E-state index contributed by atoms with van der Waals surface area (Å²) in [5.41, 5.74) is 1.44. The van der Waals surface area contributed by atoms with Crippen LogP contribution in [0.4, 0.5) is 5.69 Å². The van der Waals surface area contributed by atoms with E-state index in [2.05, 4.69) is 5.32 Å². The smallest absolute Gasteiger partial charge is 0.303 e. The average molecular weight is 410 g/mol. The predicted molar refractivity (Wildman–Crippen MR) is 113 cm³/mol. The van der Waals surface area contributed by atoms with Crippen molar-refractivity contribution in [2.24, 2.45) is 0 Å². The molecule has 0 radical (unpaired) electrons. The number of carbonyl (C=O) groups is 2. The minimum Gasteiger partial charge on any atom is -0.481 e. The van der Waals surface area contributed by atoms with Crippen molar-refractivity contribution in [1.82, 2.24) is 0 Å². The number of ether oxygens (including phenoxy) is 1. The molecule has 3 rings (SSSR count). The van der Waals surface area contributed by atoms with E-state index in [4.69, 9.17) is 21.4 Å². The number of amides is 1. The molecule has 0 saturated heterocycles. The molecule has 1 atom stereocenters. The highest BCUT2D eigenvalue weighted by Crippen LogP contribution is 2.26. The lowest BCUT2D eigenvalue weighted by molar-refractivity contribution is -0.137. The number of benzene rings is 3. The van der Waals surface area contributed by atoms with E-state index in [1.54, 1.807) is 48.5 Å². The normalized spacial score (nSPS) is 11.5. The Labute approximate surface area is 173 Å². The van der Waals surface area contributed by atoms with Crippen molar-refractivity contribution in [1.29, 1.82) is 0 Å². The van der Waals surface area contributed by atoms with Crippen LogP contribution in [0, 0.1) is 0 Å². The first kappa shape index (κ1) is 20.4. The molecule has 5 nitrogen and oxygen atoms in total. The third-order valence-electron chi connectivity index (χ3n) is 4.31. The van der Waals surface area contributed by atoms with Crippen molar-refractivity contribution in [3.05, 3.63) is 89.4 Å². The summed E-state index contributed by atoms with van der Waals surface area (Å²) in [6, 6.07) is 23.2. The van der Waals surface area contributed by atoms with Crippen molar-refractivity contribution in [2.75, 3.05) is 5.32 Å². The molecule has 2 N–H and O–H groups in total. The number of carboxylic acids is 1. The van der Waals surface area contributed by atoms with Gasteiger partial charge in [-0.2, -0.15) is 0 Å². The summed E-state index contributed by atoms with van der Waals surface area (Å²) in [5.74, 6) is -0.285. The lowest BCUT2D eigenvalue weighted by Gasteiger charge is -2.15. The first-order valence-corrected chi connectivity index (χ1v) is 9.47. The van der Waals surface area contributed by atoms with Gasteiger partial charge in [0.05, 0.1) is 6.42 Å². The highest BCUT2D eigenvalue weighted by molar-refractivity contribution is 6.30. The van der Waals surface area contributed by atoms with Crippen LogP contribution in [0.25, 0.3) is 0 Å². The van der Waals surface area contributed by atoms with Crippen LogP contribution in [0.1, 0.15) is 24.3 Å². The van der Waals surface area contributed by atoms with Crippen molar-refractivity contribution >= 4 is 29.2 Å². The van der Waals surface area contributed by atoms with Gasteiger partial charge in [-0.15, -0.1) is 0 Å². The van der Waals surface area contributed by atoms with Crippen molar-refractivity contribution in [3.8, 4) is 11.5 Å². The Morgan fingerprint density at radius 2 is 1.45 bits per heavy atom. The molecule has 0 aliphatic rings. The predicted octanol–water partition coefficient (Wildman–Crippen LogP) is 5.72. The standard InChI is InChI=1S/C23H20ClNO4/c24-18-6-10-20(11-7-18)29-21-12-8-19(9-13-21)25-22(26)14-17(15-23(27)28)16-4-2-1-3-5-16/h1-13,17H,14-15H2,(H,25,26)(H,27,28)/t17-/m1/s1. The monoisotopic (exact) mass is 409 g/mol. The molecule has 6 heteroatoms. The number of carboxylic acid groups (broad SMARTS) is 1. The SMILES string of the molecule is O=C(O)C[C@@H](CC(=O)Nc1ccc(Oc2ccc(Cl)cc2)cc1)c1ccccc1.